The van der Waals surface area contributed by atoms with Gasteiger partial charge in [-0.2, -0.15) is 0 Å². The number of aromatic nitrogens is 1. The van der Waals surface area contributed by atoms with Gasteiger partial charge >= 0.3 is 0 Å². The average molecular weight is 245 g/mol. The summed E-state index contributed by atoms with van der Waals surface area (Å²) in [6.45, 7) is 8.31. The fourth-order valence-electron chi connectivity index (χ4n) is 1.64. The maximum atomic E-state index is 12.4. The van der Waals surface area contributed by atoms with E-state index in [1.165, 1.54) is 0 Å². The lowest BCUT2D eigenvalue weighted by atomic mass is 10.2. The molecule has 0 aliphatic heterocycles. The van der Waals surface area contributed by atoms with Crippen molar-refractivity contribution in [3.8, 4) is 0 Å². The monoisotopic (exact) mass is 245 g/mol. The van der Waals surface area contributed by atoms with Crippen LogP contribution >= 0.6 is 0 Å². The number of hydrogen-bond donors (Lipinski definition) is 0. The molecular weight excluding hydrogens is 226 g/mol. The lowest BCUT2D eigenvalue weighted by Crippen LogP contribution is -2.32. The Hall–Kier alpha value is -2.10. The molecule has 96 valence electrons. The van der Waals surface area contributed by atoms with E-state index in [9.17, 15) is 4.79 Å². The highest BCUT2D eigenvalue weighted by Crippen LogP contribution is 2.16. The summed E-state index contributed by atoms with van der Waals surface area (Å²) in [6.07, 6.45) is 5.08. The van der Waals surface area contributed by atoms with Crippen molar-refractivity contribution < 1.29 is 4.79 Å². The smallest absolute Gasteiger partial charge is 0.258 e. The van der Waals surface area contributed by atoms with Gasteiger partial charge in [0.1, 0.15) is 5.82 Å². The number of rotatable bonds is 6. The molecule has 0 saturated carbocycles. The minimum Gasteiger partial charge on any atom is -0.362 e. The highest BCUT2D eigenvalue weighted by atomic mass is 16.2. The molecule has 0 N–H and O–H groups in total. The fraction of sp³-hybridized carbons (Fsp3) is 0.286. The first-order valence-corrected chi connectivity index (χ1v) is 5.75. The van der Waals surface area contributed by atoms with Crippen LogP contribution in [-0.4, -0.2) is 43.0 Å². The molecule has 1 rings (SSSR count). The van der Waals surface area contributed by atoms with Gasteiger partial charge in [0.05, 0.1) is 5.56 Å². The molecule has 0 unspecified atom stereocenters. The highest BCUT2D eigenvalue weighted by Gasteiger charge is 2.18. The van der Waals surface area contributed by atoms with Crippen molar-refractivity contribution in [1.82, 2.24) is 9.88 Å². The number of nitrogens with zero attached hydrogens (tertiary/aromatic N) is 3. The van der Waals surface area contributed by atoms with Crippen LogP contribution in [0.5, 0.6) is 0 Å². The molecule has 1 aromatic rings. The molecule has 18 heavy (non-hydrogen) atoms. The first-order chi connectivity index (χ1) is 8.61. The predicted molar refractivity (Wildman–Crippen MR) is 74.9 cm³/mol. The number of amides is 1. The Balaban J connectivity index is 3.07. The molecule has 0 aliphatic carbocycles. The van der Waals surface area contributed by atoms with Crippen molar-refractivity contribution in [3.63, 3.8) is 0 Å². The third-order valence-corrected chi connectivity index (χ3v) is 2.43. The summed E-state index contributed by atoms with van der Waals surface area (Å²) >= 11 is 0. The molecule has 0 fully saturated rings. The summed E-state index contributed by atoms with van der Waals surface area (Å²) in [5, 5.41) is 0. The second-order valence-corrected chi connectivity index (χ2v) is 4.06. The summed E-state index contributed by atoms with van der Waals surface area (Å²) < 4.78 is 0. The van der Waals surface area contributed by atoms with E-state index in [1.54, 1.807) is 35.4 Å². The highest BCUT2D eigenvalue weighted by molar-refractivity contribution is 5.99. The second-order valence-electron chi connectivity index (χ2n) is 4.06. The average Bonchev–Trinajstić information content (AvgIpc) is 2.37. The standard InChI is InChI=1S/C14H19N3O/c1-5-10-17(11-6-2)14(18)12-8-7-9-15-13(12)16(3)4/h5-9H,1-2,10-11H2,3-4H3. The van der Waals surface area contributed by atoms with Crippen molar-refractivity contribution >= 4 is 11.7 Å². The van der Waals surface area contributed by atoms with Gasteiger partial charge in [-0.1, -0.05) is 12.2 Å². The number of carbonyl (C=O) groups is 1. The van der Waals surface area contributed by atoms with Crippen molar-refractivity contribution in [1.29, 1.82) is 0 Å². The number of pyridine rings is 1. The van der Waals surface area contributed by atoms with Gasteiger partial charge in [-0.3, -0.25) is 4.79 Å². The van der Waals surface area contributed by atoms with Crippen molar-refractivity contribution in [2.75, 3.05) is 32.1 Å². The summed E-state index contributed by atoms with van der Waals surface area (Å²) in [7, 11) is 3.73. The zero-order chi connectivity index (χ0) is 13.5. The van der Waals surface area contributed by atoms with Crippen LogP contribution in [0.1, 0.15) is 10.4 Å². The van der Waals surface area contributed by atoms with Gasteiger partial charge in [-0.05, 0) is 12.1 Å². The molecule has 1 heterocycles. The van der Waals surface area contributed by atoms with Gasteiger partial charge < -0.3 is 9.80 Å². The maximum Gasteiger partial charge on any atom is 0.258 e. The molecule has 4 nitrogen and oxygen atoms in total. The third kappa shape index (κ3) is 3.20. The molecule has 0 aliphatic rings. The molecule has 0 bridgehead atoms. The number of hydrogen-bond acceptors (Lipinski definition) is 3. The third-order valence-electron chi connectivity index (χ3n) is 2.43. The summed E-state index contributed by atoms with van der Waals surface area (Å²) in [6, 6.07) is 3.55. The van der Waals surface area contributed by atoms with Crippen LogP contribution in [0.2, 0.25) is 0 Å². The molecule has 1 amide bonds. The van der Waals surface area contributed by atoms with E-state index < -0.39 is 0 Å². The van der Waals surface area contributed by atoms with Crippen LogP contribution in [0.25, 0.3) is 0 Å². The van der Waals surface area contributed by atoms with Gasteiger partial charge in [-0.25, -0.2) is 4.98 Å². The Kier molecular flexibility index (Phi) is 5.11. The lowest BCUT2D eigenvalue weighted by Gasteiger charge is -2.22. The molecule has 0 spiro atoms. The first kappa shape index (κ1) is 14.0. The van der Waals surface area contributed by atoms with E-state index in [0.29, 0.717) is 24.5 Å². The second kappa shape index (κ2) is 6.59. The SMILES string of the molecule is C=CCN(CC=C)C(=O)c1cccnc1N(C)C. The normalized spacial score (nSPS) is 9.67. The molecular formula is C14H19N3O. The van der Waals surface area contributed by atoms with E-state index in [4.69, 9.17) is 0 Å². The van der Waals surface area contributed by atoms with Gasteiger partial charge in [-0.15, -0.1) is 13.2 Å². The molecule has 4 heteroatoms. The summed E-state index contributed by atoms with van der Waals surface area (Å²) in [5.74, 6) is 0.604. The number of anilines is 1. The Morgan fingerprint density at radius 1 is 1.33 bits per heavy atom. The molecule has 0 atom stereocenters. The van der Waals surface area contributed by atoms with Crippen molar-refractivity contribution in [2.24, 2.45) is 0 Å². The van der Waals surface area contributed by atoms with E-state index in [-0.39, 0.29) is 5.91 Å². The largest absolute Gasteiger partial charge is 0.362 e. The van der Waals surface area contributed by atoms with Crippen LogP contribution in [0.15, 0.2) is 43.6 Å². The Labute approximate surface area is 108 Å². The van der Waals surface area contributed by atoms with Crippen molar-refractivity contribution in [3.05, 3.63) is 49.2 Å². The van der Waals surface area contributed by atoms with Crippen LogP contribution < -0.4 is 4.90 Å². The van der Waals surface area contributed by atoms with Gasteiger partial charge in [0.25, 0.3) is 5.91 Å². The minimum absolute atomic E-state index is 0.0633. The summed E-state index contributed by atoms with van der Waals surface area (Å²) in [4.78, 5) is 20.1. The fourth-order valence-corrected chi connectivity index (χ4v) is 1.64. The Bertz CT molecular complexity index is 430. The maximum absolute atomic E-state index is 12.4. The van der Waals surface area contributed by atoms with E-state index in [0.717, 1.165) is 0 Å². The summed E-state index contributed by atoms with van der Waals surface area (Å²) in [5.41, 5.74) is 0.589. The minimum atomic E-state index is -0.0633. The zero-order valence-electron chi connectivity index (χ0n) is 11.0. The van der Waals surface area contributed by atoms with E-state index >= 15 is 0 Å². The van der Waals surface area contributed by atoms with Crippen LogP contribution in [-0.2, 0) is 0 Å². The van der Waals surface area contributed by atoms with Gasteiger partial charge in [0, 0.05) is 33.4 Å². The van der Waals surface area contributed by atoms with E-state index in [2.05, 4.69) is 18.1 Å². The van der Waals surface area contributed by atoms with Crippen LogP contribution in [0, 0.1) is 0 Å². The van der Waals surface area contributed by atoms with E-state index in [1.807, 2.05) is 19.0 Å². The molecule has 1 aromatic heterocycles. The molecule has 0 aromatic carbocycles. The Morgan fingerprint density at radius 2 is 1.94 bits per heavy atom. The number of carbonyl (C=O) groups excluding carboxylic acids is 1. The quantitative estimate of drug-likeness (QED) is 0.719. The topological polar surface area (TPSA) is 36.4 Å². The van der Waals surface area contributed by atoms with Gasteiger partial charge in [0.15, 0.2) is 0 Å². The zero-order valence-corrected chi connectivity index (χ0v) is 11.0. The van der Waals surface area contributed by atoms with Crippen LogP contribution in [0.4, 0.5) is 5.82 Å². The van der Waals surface area contributed by atoms with Crippen LogP contribution in [0.3, 0.4) is 0 Å². The Morgan fingerprint density at radius 3 is 2.44 bits per heavy atom. The molecule has 0 saturated heterocycles. The first-order valence-electron chi connectivity index (χ1n) is 5.75. The predicted octanol–water partition coefficient (Wildman–Crippen LogP) is 1.96. The lowest BCUT2D eigenvalue weighted by molar-refractivity contribution is 0.0791. The van der Waals surface area contributed by atoms with Gasteiger partial charge in [0.2, 0.25) is 0 Å². The van der Waals surface area contributed by atoms with Crippen molar-refractivity contribution in [2.45, 2.75) is 0 Å². The molecule has 0 radical (unpaired) electrons.